The van der Waals surface area contributed by atoms with Gasteiger partial charge in [0, 0.05) is 31.9 Å². The van der Waals surface area contributed by atoms with Crippen LogP contribution in [-0.2, 0) is 43.3 Å². The summed E-state index contributed by atoms with van der Waals surface area (Å²) in [5.74, 6) is -1.97. The Bertz CT molecular complexity index is 1290. The third-order valence-corrected chi connectivity index (χ3v) is 10.2. The second-order valence-electron chi connectivity index (χ2n) is 8.08. The summed E-state index contributed by atoms with van der Waals surface area (Å²) in [4.78, 5) is 54.9. The van der Waals surface area contributed by atoms with Gasteiger partial charge >= 0.3 is 11.9 Å². The van der Waals surface area contributed by atoms with Crippen molar-refractivity contribution in [2.24, 2.45) is 0 Å². The molecule has 3 rings (SSSR count). The molecule has 15 nitrogen and oxygen atoms in total. The maximum Gasteiger partial charge on any atom is 0.347 e. The summed E-state index contributed by atoms with van der Waals surface area (Å²) in [5.41, 5.74) is 0.337. The molecule has 1 aliphatic rings. The lowest BCUT2D eigenvalue weighted by Crippen LogP contribution is -2.35. The standard InChI is InChI=1S/C22H25N4O11PS2/c1-23-15-2-7-19(20(12-15)36-21(27)13-17(37-26(31)32)14-34-25(29)30)22(28)35-16-3-5-18(6-4-16)38(39,40)24-8-10-33-11-9-24/h2-7,12,17,23H,8-11,13-14H2,1H3,(H,39,40)/p-1. The normalized spacial score (nSPS) is 15.7. The number of hydrogen-bond donors (Lipinski definition) is 1. The van der Waals surface area contributed by atoms with Crippen LogP contribution in [0.15, 0.2) is 42.5 Å². The van der Waals surface area contributed by atoms with Crippen molar-refractivity contribution < 1.29 is 43.6 Å². The molecule has 18 heteroatoms. The number of nitrogens with zero attached hydrogens (tertiary/aromatic N) is 3. The van der Waals surface area contributed by atoms with E-state index >= 15 is 0 Å². The van der Waals surface area contributed by atoms with E-state index in [1.807, 2.05) is 0 Å². The van der Waals surface area contributed by atoms with Crippen LogP contribution in [-0.4, -0.2) is 72.8 Å². The van der Waals surface area contributed by atoms with E-state index in [1.54, 1.807) is 31.3 Å². The molecule has 216 valence electrons. The molecule has 2 atom stereocenters. The number of benzene rings is 2. The highest BCUT2D eigenvalue weighted by molar-refractivity contribution is 8.56. The zero-order valence-corrected chi connectivity index (χ0v) is 23.5. The molecular formula is C22H24N4O11PS2-. The van der Waals surface area contributed by atoms with E-state index in [1.165, 1.54) is 18.2 Å². The Morgan fingerprint density at radius 1 is 1.12 bits per heavy atom. The van der Waals surface area contributed by atoms with Crippen molar-refractivity contribution in [2.75, 3.05) is 45.3 Å². The van der Waals surface area contributed by atoms with E-state index in [0.29, 0.717) is 32.0 Å². The van der Waals surface area contributed by atoms with Crippen LogP contribution in [0.25, 0.3) is 0 Å². The average molecular weight is 616 g/mol. The van der Waals surface area contributed by atoms with Crippen molar-refractivity contribution >= 4 is 52.4 Å². The summed E-state index contributed by atoms with van der Waals surface area (Å²) in [6, 6.07) is 10.8. The summed E-state index contributed by atoms with van der Waals surface area (Å²) in [6.45, 7) is 1.50. The highest BCUT2D eigenvalue weighted by atomic mass is 32.9. The minimum atomic E-state index is -2.43. The van der Waals surface area contributed by atoms with E-state index in [4.69, 9.17) is 38.3 Å². The number of morpholine rings is 1. The van der Waals surface area contributed by atoms with Crippen LogP contribution in [0, 0.1) is 20.2 Å². The van der Waals surface area contributed by atoms with Crippen LogP contribution in [0.3, 0.4) is 0 Å². The van der Waals surface area contributed by atoms with Crippen LogP contribution in [0.5, 0.6) is 11.5 Å². The highest BCUT2D eigenvalue weighted by Gasteiger charge is 2.24. The van der Waals surface area contributed by atoms with Gasteiger partial charge in [-0.05, 0) is 29.6 Å². The average Bonchev–Trinajstić information content (AvgIpc) is 2.92. The molecule has 0 aliphatic carbocycles. The quantitative estimate of drug-likeness (QED) is 0.0860. The fraction of sp³-hybridized carbons (Fsp3) is 0.364. The van der Waals surface area contributed by atoms with Crippen LogP contribution < -0.4 is 20.1 Å². The number of esters is 2. The van der Waals surface area contributed by atoms with Gasteiger partial charge in [-0.2, -0.15) is 0 Å². The lowest BCUT2D eigenvalue weighted by Gasteiger charge is -2.43. The van der Waals surface area contributed by atoms with Gasteiger partial charge in [-0.25, -0.2) is 4.79 Å². The van der Waals surface area contributed by atoms with Crippen LogP contribution >= 0.6 is 5.39 Å². The maximum absolute atomic E-state index is 13.0. The van der Waals surface area contributed by atoms with Crippen molar-refractivity contribution in [1.82, 2.24) is 4.67 Å². The Hall–Kier alpha value is -3.50. The first-order valence-corrected chi connectivity index (χ1v) is 15.3. The molecule has 1 heterocycles. The van der Waals surface area contributed by atoms with Gasteiger partial charge in [0.1, 0.15) is 29.8 Å². The topological polar surface area (TPSA) is 182 Å². The van der Waals surface area contributed by atoms with Gasteiger partial charge in [0.25, 0.3) is 10.2 Å². The summed E-state index contributed by atoms with van der Waals surface area (Å²) in [7, 11) is 1.59. The summed E-state index contributed by atoms with van der Waals surface area (Å²) >= 11 is 11.5. The molecule has 1 aliphatic heterocycles. The molecule has 40 heavy (non-hydrogen) atoms. The van der Waals surface area contributed by atoms with E-state index in [-0.39, 0.29) is 17.1 Å². The molecule has 0 aromatic heterocycles. The first-order valence-electron chi connectivity index (χ1n) is 11.6. The minimum absolute atomic E-state index is 0.133. The monoisotopic (exact) mass is 615 g/mol. The lowest BCUT2D eigenvalue weighted by atomic mass is 10.1. The zero-order chi connectivity index (χ0) is 29.3. The maximum atomic E-state index is 13.0. The van der Waals surface area contributed by atoms with Crippen molar-refractivity contribution in [1.29, 1.82) is 0 Å². The smallest absolute Gasteiger partial charge is 0.347 e. The molecule has 2 aromatic rings. The fourth-order valence-corrected chi connectivity index (χ4v) is 6.77. The first kappa shape index (κ1) is 31.0. The SMILES string of the molecule is CNc1ccc(C(=O)Oc2ccc(P(=S)([S-])N3CCOCC3)cc2)c(OC(=O)CC(CO[N+](=O)[O-])O[N+](=O)[O-])c1. The molecule has 0 amide bonds. The predicted molar refractivity (Wildman–Crippen MR) is 146 cm³/mol. The zero-order valence-electron chi connectivity index (χ0n) is 21.0. The van der Waals surface area contributed by atoms with Crippen molar-refractivity contribution in [3.05, 3.63) is 68.3 Å². The molecule has 0 spiro atoms. The van der Waals surface area contributed by atoms with E-state index in [2.05, 4.69) is 19.7 Å². The van der Waals surface area contributed by atoms with Gasteiger partial charge in [0.05, 0.1) is 19.6 Å². The van der Waals surface area contributed by atoms with E-state index in [9.17, 15) is 29.8 Å². The fourth-order valence-electron chi connectivity index (χ4n) is 3.52. The van der Waals surface area contributed by atoms with Gasteiger partial charge in [-0.15, -0.1) is 32.0 Å². The number of carbonyl (C=O) groups excluding carboxylic acids is 2. The number of carbonyl (C=O) groups is 2. The number of hydrogen-bond acceptors (Lipinski definition) is 14. The van der Waals surface area contributed by atoms with Gasteiger partial charge in [0.2, 0.25) is 0 Å². The van der Waals surface area contributed by atoms with Gasteiger partial charge in [-0.1, -0.05) is 17.5 Å². The summed E-state index contributed by atoms with van der Waals surface area (Å²) in [6.07, 6.45) is -2.42. The van der Waals surface area contributed by atoms with Crippen LogP contribution in [0.1, 0.15) is 16.8 Å². The molecule has 2 unspecified atom stereocenters. The van der Waals surface area contributed by atoms with Crippen LogP contribution in [0.4, 0.5) is 5.69 Å². The second-order valence-corrected chi connectivity index (χ2v) is 14.1. The molecule has 1 saturated heterocycles. The van der Waals surface area contributed by atoms with E-state index in [0.717, 1.165) is 5.30 Å². The Morgan fingerprint density at radius 2 is 1.80 bits per heavy atom. The molecule has 0 bridgehead atoms. The number of rotatable bonds is 13. The molecular weight excluding hydrogens is 591 g/mol. The van der Waals surface area contributed by atoms with Gasteiger partial charge in [0.15, 0.2) is 0 Å². The second kappa shape index (κ2) is 14.2. The first-order chi connectivity index (χ1) is 19.0. The molecule has 2 aromatic carbocycles. The third kappa shape index (κ3) is 8.76. The Labute approximate surface area is 238 Å². The Morgan fingerprint density at radius 3 is 2.40 bits per heavy atom. The number of nitrogens with one attached hydrogen (secondary N) is 1. The molecule has 0 saturated carbocycles. The van der Waals surface area contributed by atoms with E-state index < -0.39 is 46.6 Å². The lowest BCUT2D eigenvalue weighted by molar-refractivity contribution is -0.789. The van der Waals surface area contributed by atoms with Crippen LogP contribution in [0.2, 0.25) is 0 Å². The summed E-state index contributed by atoms with van der Waals surface area (Å²) in [5, 5.41) is 19.8. The Kier molecular flexibility index (Phi) is 11.0. The number of ether oxygens (including phenoxy) is 3. The number of anilines is 1. The predicted octanol–water partition coefficient (Wildman–Crippen LogP) is 1.84. The largest absolute Gasteiger partial charge is 0.727 e. The highest BCUT2D eigenvalue weighted by Crippen LogP contribution is 2.46. The summed E-state index contributed by atoms with van der Waals surface area (Å²) < 4.78 is 18.1. The Balaban J connectivity index is 1.73. The third-order valence-electron chi connectivity index (χ3n) is 5.44. The molecule has 1 N–H and O–H groups in total. The molecule has 1 fully saturated rings. The van der Waals surface area contributed by atoms with Crippen molar-refractivity contribution in [3.63, 3.8) is 0 Å². The molecule has 0 radical (unpaired) electrons. The van der Waals surface area contributed by atoms with Gasteiger partial charge < -0.3 is 41.5 Å². The van der Waals surface area contributed by atoms with Crippen molar-refractivity contribution in [3.8, 4) is 11.5 Å². The van der Waals surface area contributed by atoms with Crippen molar-refractivity contribution in [2.45, 2.75) is 12.5 Å². The van der Waals surface area contributed by atoms with Gasteiger partial charge in [-0.3, -0.25) is 9.46 Å². The minimum Gasteiger partial charge on any atom is -0.727 e.